The van der Waals surface area contributed by atoms with Gasteiger partial charge < -0.3 is 9.47 Å². The zero-order valence-electron chi connectivity index (χ0n) is 7.85. The van der Waals surface area contributed by atoms with Crippen molar-refractivity contribution in [2.45, 2.75) is 27.2 Å². The summed E-state index contributed by atoms with van der Waals surface area (Å²) in [5, 5.41) is 0. The second kappa shape index (κ2) is 12.1. The van der Waals surface area contributed by atoms with Crippen LogP contribution in [0.15, 0.2) is 0 Å². The van der Waals surface area contributed by atoms with Crippen LogP contribution in [0.5, 0.6) is 0 Å². The van der Waals surface area contributed by atoms with E-state index in [0.717, 1.165) is 13.2 Å². The third kappa shape index (κ3) is 17.7. The molecule has 0 aliphatic rings. The van der Waals surface area contributed by atoms with Gasteiger partial charge in [0.2, 0.25) is 0 Å². The number of carbonyl (C=O) groups excluding carboxylic acids is 1. The molecular formula is C8H18O3. The SMILES string of the molecule is CCC(=O)OC.CCOCC. The molecule has 0 aromatic heterocycles. The molecule has 0 saturated carbocycles. The Hall–Kier alpha value is -0.570. The van der Waals surface area contributed by atoms with E-state index in [1.807, 2.05) is 13.8 Å². The number of carbonyl (C=O) groups is 1. The van der Waals surface area contributed by atoms with Crippen LogP contribution in [0.25, 0.3) is 0 Å². The second-order valence-corrected chi connectivity index (χ2v) is 1.71. The predicted molar refractivity (Wildman–Crippen MR) is 44.5 cm³/mol. The van der Waals surface area contributed by atoms with Gasteiger partial charge in [0.25, 0.3) is 0 Å². The van der Waals surface area contributed by atoms with E-state index in [1.54, 1.807) is 6.92 Å². The van der Waals surface area contributed by atoms with Crippen LogP contribution in [0.1, 0.15) is 27.2 Å². The monoisotopic (exact) mass is 162 g/mol. The van der Waals surface area contributed by atoms with Crippen molar-refractivity contribution in [3.8, 4) is 0 Å². The highest BCUT2D eigenvalue weighted by atomic mass is 16.5. The number of hydrogen-bond acceptors (Lipinski definition) is 3. The maximum atomic E-state index is 9.96. The van der Waals surface area contributed by atoms with E-state index in [4.69, 9.17) is 4.74 Å². The third-order valence-electron chi connectivity index (χ3n) is 0.925. The van der Waals surface area contributed by atoms with Crippen LogP contribution in [0.2, 0.25) is 0 Å². The molecule has 0 heterocycles. The molecule has 68 valence electrons. The number of hydrogen-bond donors (Lipinski definition) is 0. The molecule has 3 heteroatoms. The number of methoxy groups -OCH3 is 1. The lowest BCUT2D eigenvalue weighted by molar-refractivity contribution is -0.140. The summed E-state index contributed by atoms with van der Waals surface area (Å²) in [4.78, 5) is 9.96. The average molecular weight is 162 g/mol. The number of rotatable bonds is 3. The molecule has 0 aliphatic heterocycles. The Labute approximate surface area is 68.7 Å². The van der Waals surface area contributed by atoms with Crippen LogP contribution in [-0.2, 0) is 14.3 Å². The molecule has 0 fully saturated rings. The molecule has 0 radical (unpaired) electrons. The van der Waals surface area contributed by atoms with Gasteiger partial charge in [0.15, 0.2) is 0 Å². The van der Waals surface area contributed by atoms with Gasteiger partial charge in [0.1, 0.15) is 0 Å². The second-order valence-electron chi connectivity index (χ2n) is 1.71. The quantitative estimate of drug-likeness (QED) is 0.591. The van der Waals surface area contributed by atoms with Gasteiger partial charge in [-0.2, -0.15) is 0 Å². The molecule has 0 aliphatic carbocycles. The van der Waals surface area contributed by atoms with Crippen LogP contribution in [0.4, 0.5) is 0 Å². The normalized spacial score (nSPS) is 8.00. The van der Waals surface area contributed by atoms with Crippen molar-refractivity contribution in [2.75, 3.05) is 20.3 Å². The molecular weight excluding hydrogens is 144 g/mol. The van der Waals surface area contributed by atoms with Gasteiger partial charge in [-0.25, -0.2) is 0 Å². The highest BCUT2D eigenvalue weighted by Crippen LogP contribution is 1.76. The first-order valence-corrected chi connectivity index (χ1v) is 3.87. The Morgan fingerprint density at radius 2 is 1.64 bits per heavy atom. The Bertz CT molecular complexity index is 73.4. The molecule has 0 rings (SSSR count). The minimum Gasteiger partial charge on any atom is -0.469 e. The molecule has 0 bridgehead atoms. The summed E-state index contributed by atoms with van der Waals surface area (Å²) >= 11 is 0. The fraction of sp³-hybridized carbons (Fsp3) is 0.875. The predicted octanol–water partition coefficient (Wildman–Crippen LogP) is 1.61. The Morgan fingerprint density at radius 3 is 1.64 bits per heavy atom. The molecule has 0 atom stereocenters. The highest BCUT2D eigenvalue weighted by Gasteiger charge is 1.87. The van der Waals surface area contributed by atoms with Crippen molar-refractivity contribution in [2.24, 2.45) is 0 Å². The average Bonchev–Trinajstić information content (AvgIpc) is 2.06. The first kappa shape index (κ1) is 13.1. The summed E-state index contributed by atoms with van der Waals surface area (Å²) in [6.07, 6.45) is 0.469. The smallest absolute Gasteiger partial charge is 0.305 e. The Kier molecular flexibility index (Phi) is 14.4. The summed E-state index contributed by atoms with van der Waals surface area (Å²) in [5.74, 6) is -0.157. The van der Waals surface area contributed by atoms with Crippen molar-refractivity contribution >= 4 is 5.97 Å². The molecule has 0 aromatic carbocycles. The van der Waals surface area contributed by atoms with Crippen molar-refractivity contribution in [3.05, 3.63) is 0 Å². The summed E-state index contributed by atoms with van der Waals surface area (Å²) in [6.45, 7) is 7.42. The van der Waals surface area contributed by atoms with Crippen LogP contribution < -0.4 is 0 Å². The van der Waals surface area contributed by atoms with Gasteiger partial charge in [-0.1, -0.05) is 6.92 Å². The lowest BCUT2D eigenvalue weighted by Gasteiger charge is -1.87. The summed E-state index contributed by atoms with van der Waals surface area (Å²) in [7, 11) is 1.38. The molecule has 0 saturated heterocycles. The topological polar surface area (TPSA) is 35.5 Å². The van der Waals surface area contributed by atoms with Gasteiger partial charge in [0, 0.05) is 19.6 Å². The van der Waals surface area contributed by atoms with Gasteiger partial charge in [0.05, 0.1) is 7.11 Å². The number of esters is 1. The summed E-state index contributed by atoms with van der Waals surface area (Å²) in [5.41, 5.74) is 0. The highest BCUT2D eigenvalue weighted by molar-refractivity contribution is 5.68. The molecule has 3 nitrogen and oxygen atoms in total. The molecule has 0 N–H and O–H groups in total. The molecule has 0 unspecified atom stereocenters. The minimum absolute atomic E-state index is 0.157. The maximum absolute atomic E-state index is 9.96. The molecule has 0 spiro atoms. The minimum atomic E-state index is -0.157. The fourth-order valence-corrected chi connectivity index (χ4v) is 0.348. The van der Waals surface area contributed by atoms with Crippen molar-refractivity contribution in [1.82, 2.24) is 0 Å². The van der Waals surface area contributed by atoms with E-state index in [1.165, 1.54) is 7.11 Å². The van der Waals surface area contributed by atoms with E-state index >= 15 is 0 Å². The first-order chi connectivity index (χ1) is 5.22. The maximum Gasteiger partial charge on any atom is 0.305 e. The fourth-order valence-electron chi connectivity index (χ4n) is 0.348. The van der Waals surface area contributed by atoms with Gasteiger partial charge in [-0.3, -0.25) is 4.79 Å². The van der Waals surface area contributed by atoms with Crippen LogP contribution in [0.3, 0.4) is 0 Å². The zero-order valence-corrected chi connectivity index (χ0v) is 7.85. The van der Waals surface area contributed by atoms with E-state index in [-0.39, 0.29) is 5.97 Å². The largest absolute Gasteiger partial charge is 0.469 e. The van der Waals surface area contributed by atoms with Gasteiger partial charge in [-0.15, -0.1) is 0 Å². The number of ether oxygens (including phenoxy) is 2. The van der Waals surface area contributed by atoms with Crippen LogP contribution in [-0.4, -0.2) is 26.3 Å². The summed E-state index contributed by atoms with van der Waals surface area (Å²) in [6, 6.07) is 0. The molecule has 0 amide bonds. The zero-order chi connectivity index (χ0) is 9.11. The third-order valence-corrected chi connectivity index (χ3v) is 0.925. The van der Waals surface area contributed by atoms with Crippen LogP contribution >= 0.6 is 0 Å². The Balaban J connectivity index is 0. The van der Waals surface area contributed by atoms with Gasteiger partial charge in [-0.05, 0) is 13.8 Å². The van der Waals surface area contributed by atoms with E-state index < -0.39 is 0 Å². The van der Waals surface area contributed by atoms with E-state index in [0.29, 0.717) is 6.42 Å². The molecule has 0 aromatic rings. The van der Waals surface area contributed by atoms with Crippen molar-refractivity contribution < 1.29 is 14.3 Å². The lowest BCUT2D eigenvalue weighted by atomic mass is 10.5. The molecule has 11 heavy (non-hydrogen) atoms. The first-order valence-electron chi connectivity index (χ1n) is 3.87. The van der Waals surface area contributed by atoms with Gasteiger partial charge >= 0.3 is 5.97 Å². The van der Waals surface area contributed by atoms with Crippen LogP contribution in [0, 0.1) is 0 Å². The van der Waals surface area contributed by atoms with Crippen molar-refractivity contribution in [1.29, 1.82) is 0 Å². The van der Waals surface area contributed by atoms with E-state index in [9.17, 15) is 4.79 Å². The van der Waals surface area contributed by atoms with E-state index in [2.05, 4.69) is 4.74 Å². The van der Waals surface area contributed by atoms with Crippen molar-refractivity contribution in [3.63, 3.8) is 0 Å². The Morgan fingerprint density at radius 1 is 1.18 bits per heavy atom. The standard InChI is InChI=1S/C4H8O2.C4H10O/c1-3-4(5)6-2;1-3-5-4-2/h3H2,1-2H3;3-4H2,1-2H3. The lowest BCUT2D eigenvalue weighted by Crippen LogP contribution is -1.94. The summed E-state index contributed by atoms with van der Waals surface area (Å²) < 4.78 is 9.09.